The van der Waals surface area contributed by atoms with Crippen LogP contribution in [0.15, 0.2) is 24.3 Å². The van der Waals surface area contributed by atoms with Crippen molar-refractivity contribution < 1.29 is 18.4 Å². The lowest BCUT2D eigenvalue weighted by molar-refractivity contribution is 0.0526. The lowest BCUT2D eigenvalue weighted by Gasteiger charge is -2.23. The van der Waals surface area contributed by atoms with Crippen LogP contribution < -0.4 is 5.19 Å². The normalized spacial score (nSPS) is 11.3. The first-order valence-electron chi connectivity index (χ1n) is 5.45. The number of rotatable bonds is 5. The van der Waals surface area contributed by atoms with Gasteiger partial charge in [-0.25, -0.2) is 4.79 Å². The summed E-state index contributed by atoms with van der Waals surface area (Å²) in [6.45, 7) is 4.11. The van der Waals surface area contributed by atoms with E-state index in [-0.39, 0.29) is 5.97 Å². The molecule has 0 radical (unpaired) electrons. The third kappa shape index (κ3) is 3.15. The zero-order chi connectivity index (χ0) is 12.9. The number of hydrogen-bond donors (Lipinski definition) is 0. The van der Waals surface area contributed by atoms with Gasteiger partial charge in [-0.3, -0.25) is 0 Å². The van der Waals surface area contributed by atoms with Crippen molar-refractivity contribution in [3.05, 3.63) is 29.8 Å². The Kier molecular flexibility index (Phi) is 4.86. The zero-order valence-electron chi connectivity index (χ0n) is 10.6. The van der Waals surface area contributed by atoms with Crippen LogP contribution >= 0.6 is 0 Å². The van der Waals surface area contributed by atoms with E-state index in [0.717, 1.165) is 5.19 Å². The van der Waals surface area contributed by atoms with Crippen molar-refractivity contribution in [3.63, 3.8) is 0 Å². The number of carbonyl (C=O) groups is 1. The monoisotopic (exact) mass is 254 g/mol. The van der Waals surface area contributed by atoms with E-state index in [1.807, 2.05) is 18.7 Å². The van der Waals surface area contributed by atoms with E-state index in [9.17, 15) is 4.79 Å². The molecule has 94 valence electrons. The molecule has 5 heteroatoms. The van der Waals surface area contributed by atoms with E-state index in [0.29, 0.717) is 12.2 Å². The summed E-state index contributed by atoms with van der Waals surface area (Å²) in [4.78, 5) is 11.5. The molecule has 0 N–H and O–H groups in total. The highest BCUT2D eigenvalue weighted by Crippen LogP contribution is 2.07. The van der Waals surface area contributed by atoms with Gasteiger partial charge in [-0.1, -0.05) is 12.1 Å². The Balaban J connectivity index is 2.91. The third-order valence-corrected chi connectivity index (χ3v) is 5.64. The summed E-state index contributed by atoms with van der Waals surface area (Å²) in [5.41, 5.74) is 0.541. The van der Waals surface area contributed by atoms with Gasteiger partial charge in [0, 0.05) is 14.2 Å². The van der Waals surface area contributed by atoms with E-state index in [1.54, 1.807) is 33.3 Å². The van der Waals surface area contributed by atoms with Crippen molar-refractivity contribution in [2.45, 2.75) is 13.5 Å². The van der Waals surface area contributed by atoms with Gasteiger partial charge in [-0.15, -0.1) is 0 Å². The van der Waals surface area contributed by atoms with Crippen LogP contribution in [0.2, 0.25) is 6.55 Å². The largest absolute Gasteiger partial charge is 0.462 e. The smallest absolute Gasteiger partial charge is 0.368 e. The molecule has 0 saturated carbocycles. The summed E-state index contributed by atoms with van der Waals surface area (Å²) in [7, 11) is 0.966. The van der Waals surface area contributed by atoms with Crippen molar-refractivity contribution in [1.29, 1.82) is 0 Å². The maximum Gasteiger partial charge on any atom is 0.368 e. The van der Waals surface area contributed by atoms with Crippen LogP contribution in [0.4, 0.5) is 0 Å². The lowest BCUT2D eigenvalue weighted by atomic mass is 10.2. The summed E-state index contributed by atoms with van der Waals surface area (Å²) in [6.07, 6.45) is 0. The van der Waals surface area contributed by atoms with E-state index < -0.39 is 8.56 Å². The topological polar surface area (TPSA) is 44.8 Å². The van der Waals surface area contributed by atoms with Crippen LogP contribution in [0.5, 0.6) is 0 Å². The van der Waals surface area contributed by atoms with Gasteiger partial charge in [0.25, 0.3) is 0 Å². The summed E-state index contributed by atoms with van der Waals surface area (Å²) >= 11 is 0. The number of benzene rings is 1. The Morgan fingerprint density at radius 2 is 1.71 bits per heavy atom. The molecule has 0 bridgehead atoms. The van der Waals surface area contributed by atoms with Crippen LogP contribution in [0.3, 0.4) is 0 Å². The molecule has 0 aromatic heterocycles. The molecule has 0 aliphatic heterocycles. The van der Waals surface area contributed by atoms with Crippen molar-refractivity contribution in [2.24, 2.45) is 0 Å². The number of esters is 1. The minimum atomic E-state index is -2.30. The molecule has 0 spiro atoms. The van der Waals surface area contributed by atoms with Crippen LogP contribution in [0, 0.1) is 0 Å². The second-order valence-corrected chi connectivity index (χ2v) is 6.94. The van der Waals surface area contributed by atoms with Crippen LogP contribution in [-0.2, 0) is 13.6 Å². The van der Waals surface area contributed by atoms with E-state index in [1.165, 1.54) is 0 Å². The highest BCUT2D eigenvalue weighted by Gasteiger charge is 2.31. The second kappa shape index (κ2) is 5.95. The Hall–Kier alpha value is -1.17. The van der Waals surface area contributed by atoms with Crippen molar-refractivity contribution >= 4 is 19.7 Å². The Morgan fingerprint density at radius 3 is 2.12 bits per heavy atom. The van der Waals surface area contributed by atoms with Crippen LogP contribution in [0.25, 0.3) is 0 Å². The molecule has 1 aromatic rings. The molecular weight excluding hydrogens is 236 g/mol. The molecule has 0 fully saturated rings. The van der Waals surface area contributed by atoms with Crippen molar-refractivity contribution in [3.8, 4) is 0 Å². The molecule has 17 heavy (non-hydrogen) atoms. The van der Waals surface area contributed by atoms with Crippen LogP contribution in [-0.4, -0.2) is 35.4 Å². The highest BCUT2D eigenvalue weighted by molar-refractivity contribution is 6.79. The Morgan fingerprint density at radius 1 is 1.18 bits per heavy atom. The summed E-state index contributed by atoms with van der Waals surface area (Å²) in [5, 5.41) is 0.982. The number of carbonyl (C=O) groups excluding carboxylic acids is 1. The quantitative estimate of drug-likeness (QED) is 0.589. The Bertz CT molecular complexity index is 371. The standard InChI is InChI=1S/C12H18O4Si/c1-5-16-12(13)10-6-8-11(9-7-10)17(4,14-2)15-3/h6-9H,5H2,1-4H3. The van der Waals surface area contributed by atoms with Crippen LogP contribution in [0.1, 0.15) is 17.3 Å². The fourth-order valence-electron chi connectivity index (χ4n) is 1.44. The third-order valence-electron chi connectivity index (χ3n) is 2.70. The summed E-state index contributed by atoms with van der Waals surface area (Å²) in [6, 6.07) is 7.17. The van der Waals surface area contributed by atoms with E-state index in [4.69, 9.17) is 13.6 Å². The number of ether oxygens (including phenoxy) is 1. The molecule has 1 aromatic carbocycles. The van der Waals surface area contributed by atoms with E-state index >= 15 is 0 Å². The van der Waals surface area contributed by atoms with Gasteiger partial charge in [0.1, 0.15) is 0 Å². The molecule has 1 rings (SSSR count). The van der Waals surface area contributed by atoms with Gasteiger partial charge in [-0.2, -0.15) is 0 Å². The SMILES string of the molecule is CCOC(=O)c1ccc([Si](C)(OC)OC)cc1. The molecule has 0 aliphatic rings. The lowest BCUT2D eigenvalue weighted by Crippen LogP contribution is -2.49. The first-order valence-corrected chi connectivity index (χ1v) is 7.77. The van der Waals surface area contributed by atoms with Gasteiger partial charge in [-0.05, 0) is 30.8 Å². The molecule has 0 amide bonds. The molecular formula is C12H18O4Si. The maximum absolute atomic E-state index is 11.5. The van der Waals surface area contributed by atoms with Gasteiger partial charge in [0.2, 0.25) is 0 Å². The van der Waals surface area contributed by atoms with Gasteiger partial charge < -0.3 is 13.6 Å². The summed E-state index contributed by atoms with van der Waals surface area (Å²) in [5.74, 6) is -0.308. The molecule has 0 unspecified atom stereocenters. The first kappa shape index (κ1) is 13.9. The molecule has 4 nitrogen and oxygen atoms in total. The minimum Gasteiger partial charge on any atom is -0.462 e. The fourth-order valence-corrected chi connectivity index (χ4v) is 2.85. The molecule has 0 heterocycles. The second-order valence-electron chi connectivity index (χ2n) is 3.65. The predicted molar refractivity (Wildman–Crippen MR) is 67.7 cm³/mol. The molecule has 0 aliphatic carbocycles. The first-order chi connectivity index (χ1) is 8.07. The highest BCUT2D eigenvalue weighted by atomic mass is 28.4. The Labute approximate surface area is 103 Å². The van der Waals surface area contributed by atoms with Gasteiger partial charge >= 0.3 is 14.5 Å². The van der Waals surface area contributed by atoms with E-state index in [2.05, 4.69) is 0 Å². The fraction of sp³-hybridized carbons (Fsp3) is 0.417. The predicted octanol–water partition coefficient (Wildman–Crippen LogP) is 1.44. The van der Waals surface area contributed by atoms with Gasteiger partial charge in [0.05, 0.1) is 12.2 Å². The average molecular weight is 254 g/mol. The summed E-state index contributed by atoms with van der Waals surface area (Å²) < 4.78 is 15.8. The number of hydrogen-bond acceptors (Lipinski definition) is 4. The average Bonchev–Trinajstić information content (AvgIpc) is 2.38. The molecule has 0 saturated heterocycles. The maximum atomic E-state index is 11.5. The van der Waals surface area contributed by atoms with Gasteiger partial charge in [0.15, 0.2) is 0 Å². The van der Waals surface area contributed by atoms with Crippen molar-refractivity contribution in [1.82, 2.24) is 0 Å². The van der Waals surface area contributed by atoms with Crippen molar-refractivity contribution in [2.75, 3.05) is 20.8 Å². The molecule has 0 atom stereocenters. The minimum absolute atomic E-state index is 0.308. The zero-order valence-corrected chi connectivity index (χ0v) is 11.6.